The first kappa shape index (κ1) is 18.2. The number of allylic oxidation sites excluding steroid dienone is 1. The fourth-order valence-corrected chi connectivity index (χ4v) is 3.77. The molecule has 26 heavy (non-hydrogen) atoms. The third kappa shape index (κ3) is 3.35. The Morgan fingerprint density at radius 1 is 1.54 bits per heavy atom. The Hall–Kier alpha value is -2.65. The maximum Gasteiger partial charge on any atom is 0.142 e. The molecule has 0 aromatic carbocycles. The number of nitrogens with two attached hydrogens (primary N) is 1. The van der Waals surface area contributed by atoms with Crippen molar-refractivity contribution in [3.63, 3.8) is 0 Å². The number of nitriles is 1. The minimum atomic E-state index is -0.186. The molecule has 2 N–H and O–H groups in total. The zero-order valence-electron chi connectivity index (χ0n) is 15.6. The number of anilines is 1. The molecule has 2 aromatic heterocycles. The molecule has 1 atom stereocenters. The topological polar surface area (TPSA) is 89.8 Å². The Kier molecular flexibility index (Phi) is 4.84. The van der Waals surface area contributed by atoms with E-state index in [1.54, 1.807) is 17.0 Å². The number of nitrogens with zero attached hydrogens (tertiary/aromatic N) is 4. The van der Waals surface area contributed by atoms with Crippen LogP contribution in [0.25, 0.3) is 11.1 Å². The number of aromatic nitrogens is 3. The summed E-state index contributed by atoms with van der Waals surface area (Å²) in [6.07, 6.45) is 7.25. The van der Waals surface area contributed by atoms with Crippen LogP contribution >= 0.6 is 0 Å². The van der Waals surface area contributed by atoms with Gasteiger partial charge >= 0.3 is 0 Å². The summed E-state index contributed by atoms with van der Waals surface area (Å²) in [6.45, 7) is 11.3. The van der Waals surface area contributed by atoms with Crippen molar-refractivity contribution in [2.75, 3.05) is 12.3 Å². The minimum Gasteiger partial charge on any atom is -0.383 e. The minimum absolute atomic E-state index is 0.186. The lowest BCUT2D eigenvalue weighted by molar-refractivity contribution is -0.0598. The first-order valence-corrected chi connectivity index (χ1v) is 8.84. The second kappa shape index (κ2) is 6.93. The molecule has 0 unspecified atom stereocenters. The van der Waals surface area contributed by atoms with E-state index in [9.17, 15) is 5.26 Å². The van der Waals surface area contributed by atoms with E-state index in [1.165, 1.54) is 0 Å². The smallest absolute Gasteiger partial charge is 0.142 e. The van der Waals surface area contributed by atoms with E-state index in [1.807, 2.05) is 13.1 Å². The molecule has 3 rings (SSSR count). The van der Waals surface area contributed by atoms with Crippen LogP contribution in [-0.4, -0.2) is 27.0 Å². The van der Waals surface area contributed by atoms with Crippen molar-refractivity contribution in [3.05, 3.63) is 41.9 Å². The van der Waals surface area contributed by atoms with Crippen molar-refractivity contribution in [2.24, 2.45) is 0 Å². The van der Waals surface area contributed by atoms with Gasteiger partial charge in [0.1, 0.15) is 17.5 Å². The molecular weight excluding hydrogens is 326 g/mol. The summed E-state index contributed by atoms with van der Waals surface area (Å²) in [5.74, 6) is 0.541. The lowest BCUT2D eigenvalue weighted by Crippen LogP contribution is -2.33. The third-order valence-electron chi connectivity index (χ3n) is 4.94. The van der Waals surface area contributed by atoms with Crippen LogP contribution in [-0.2, 0) is 11.3 Å². The molecule has 6 heteroatoms. The number of nitrogen functional groups attached to an aromatic ring is 1. The highest BCUT2D eigenvalue weighted by Crippen LogP contribution is 2.40. The van der Waals surface area contributed by atoms with Crippen LogP contribution in [0.1, 0.15) is 49.4 Å². The summed E-state index contributed by atoms with van der Waals surface area (Å²) in [6, 6.07) is 2.22. The van der Waals surface area contributed by atoms with Crippen LogP contribution < -0.4 is 5.73 Å². The predicted octanol–water partition coefficient (Wildman–Crippen LogP) is 3.57. The fourth-order valence-electron chi connectivity index (χ4n) is 3.77. The van der Waals surface area contributed by atoms with Crippen LogP contribution in [0.5, 0.6) is 0 Å². The van der Waals surface area contributed by atoms with Gasteiger partial charge in [-0.1, -0.05) is 6.08 Å². The molecule has 0 amide bonds. The lowest BCUT2D eigenvalue weighted by atomic mass is 9.82. The second-order valence-electron chi connectivity index (χ2n) is 7.41. The molecule has 1 fully saturated rings. The van der Waals surface area contributed by atoms with Crippen molar-refractivity contribution in [2.45, 2.75) is 51.7 Å². The standard InChI is InChI=1S/C20H25N5O/c1-5-7-25-12-15(11-23-25)17-13(2)18(24-19(22)16(17)10-21)14-6-8-26-20(3,4)9-14/h5,11-12,14H,1,6-9H2,2-4H3,(H2,22,24)/t14-/m0/s1. The van der Waals surface area contributed by atoms with Crippen LogP contribution in [0.15, 0.2) is 25.0 Å². The summed E-state index contributed by atoms with van der Waals surface area (Å²) in [7, 11) is 0. The van der Waals surface area contributed by atoms with Crippen molar-refractivity contribution in [1.29, 1.82) is 5.26 Å². The Balaban J connectivity index is 2.12. The highest BCUT2D eigenvalue weighted by Gasteiger charge is 2.32. The summed E-state index contributed by atoms with van der Waals surface area (Å²) in [5.41, 5.74) is 10.1. The summed E-state index contributed by atoms with van der Waals surface area (Å²) in [5, 5.41) is 14.0. The van der Waals surface area contributed by atoms with E-state index >= 15 is 0 Å². The SMILES string of the molecule is C=CCn1cc(-c2c(C)c([C@H]3CCOC(C)(C)C3)nc(N)c2C#N)cn1. The number of hydrogen-bond acceptors (Lipinski definition) is 5. The van der Waals surface area contributed by atoms with Crippen molar-refractivity contribution in [3.8, 4) is 17.2 Å². The zero-order valence-corrected chi connectivity index (χ0v) is 15.6. The first-order valence-electron chi connectivity index (χ1n) is 8.84. The van der Waals surface area contributed by atoms with Gasteiger partial charge in [-0.05, 0) is 39.2 Å². The Morgan fingerprint density at radius 3 is 2.96 bits per heavy atom. The van der Waals surface area contributed by atoms with Crippen LogP contribution in [0, 0.1) is 18.3 Å². The van der Waals surface area contributed by atoms with E-state index in [0.29, 0.717) is 18.7 Å². The summed E-state index contributed by atoms with van der Waals surface area (Å²) >= 11 is 0. The largest absolute Gasteiger partial charge is 0.383 e. The molecular formula is C20H25N5O. The first-order chi connectivity index (χ1) is 12.4. The molecule has 1 saturated heterocycles. The fraction of sp³-hybridized carbons (Fsp3) is 0.450. The molecule has 0 bridgehead atoms. The van der Waals surface area contributed by atoms with E-state index in [0.717, 1.165) is 35.2 Å². The molecule has 0 aliphatic carbocycles. The van der Waals surface area contributed by atoms with Gasteiger partial charge in [-0.15, -0.1) is 6.58 Å². The third-order valence-corrected chi connectivity index (χ3v) is 4.94. The van der Waals surface area contributed by atoms with E-state index in [-0.39, 0.29) is 17.3 Å². The number of hydrogen-bond donors (Lipinski definition) is 1. The maximum absolute atomic E-state index is 9.65. The number of rotatable bonds is 4. The Morgan fingerprint density at radius 2 is 2.31 bits per heavy atom. The van der Waals surface area contributed by atoms with Gasteiger partial charge < -0.3 is 10.5 Å². The van der Waals surface area contributed by atoms with Gasteiger partial charge in [0.15, 0.2) is 0 Å². The lowest BCUT2D eigenvalue weighted by Gasteiger charge is -2.36. The molecule has 2 aromatic rings. The average Bonchev–Trinajstić information content (AvgIpc) is 3.03. The summed E-state index contributed by atoms with van der Waals surface area (Å²) < 4.78 is 7.63. The predicted molar refractivity (Wildman–Crippen MR) is 102 cm³/mol. The highest BCUT2D eigenvalue weighted by atomic mass is 16.5. The van der Waals surface area contributed by atoms with Crippen molar-refractivity contribution >= 4 is 5.82 Å². The average molecular weight is 351 g/mol. The molecule has 1 aliphatic rings. The molecule has 6 nitrogen and oxygen atoms in total. The molecule has 0 radical (unpaired) electrons. The van der Waals surface area contributed by atoms with Crippen molar-refractivity contribution < 1.29 is 4.74 Å². The van der Waals surface area contributed by atoms with Gasteiger partial charge in [0, 0.05) is 35.5 Å². The van der Waals surface area contributed by atoms with E-state index in [4.69, 9.17) is 10.5 Å². The zero-order chi connectivity index (χ0) is 18.9. The Bertz CT molecular complexity index is 875. The quantitative estimate of drug-likeness (QED) is 0.851. The highest BCUT2D eigenvalue weighted by molar-refractivity contribution is 5.78. The van der Waals surface area contributed by atoms with Crippen LogP contribution in [0.2, 0.25) is 0 Å². The second-order valence-corrected chi connectivity index (χ2v) is 7.41. The summed E-state index contributed by atoms with van der Waals surface area (Å²) in [4.78, 5) is 4.62. The van der Waals surface area contributed by atoms with Crippen molar-refractivity contribution in [1.82, 2.24) is 14.8 Å². The van der Waals surface area contributed by atoms with Crippen LogP contribution in [0.3, 0.4) is 0 Å². The maximum atomic E-state index is 9.65. The monoisotopic (exact) mass is 351 g/mol. The molecule has 0 saturated carbocycles. The molecule has 0 spiro atoms. The normalized spacial score (nSPS) is 19.1. The van der Waals surface area contributed by atoms with Gasteiger partial charge in [0.05, 0.1) is 18.3 Å². The van der Waals surface area contributed by atoms with E-state index < -0.39 is 0 Å². The van der Waals surface area contributed by atoms with Gasteiger partial charge in [0.25, 0.3) is 0 Å². The number of pyridine rings is 1. The van der Waals surface area contributed by atoms with Crippen LogP contribution in [0.4, 0.5) is 5.82 Å². The molecule has 3 heterocycles. The molecule has 136 valence electrons. The number of ether oxygens (including phenoxy) is 1. The van der Waals surface area contributed by atoms with E-state index in [2.05, 4.69) is 36.6 Å². The van der Waals surface area contributed by atoms with Gasteiger partial charge in [-0.25, -0.2) is 4.98 Å². The van der Waals surface area contributed by atoms with Gasteiger partial charge in [-0.3, -0.25) is 4.68 Å². The van der Waals surface area contributed by atoms with Gasteiger partial charge in [0.2, 0.25) is 0 Å². The Labute approximate surface area is 154 Å². The molecule has 1 aliphatic heterocycles. The van der Waals surface area contributed by atoms with Gasteiger partial charge in [-0.2, -0.15) is 10.4 Å².